The Bertz CT molecular complexity index is 679. The number of ether oxygens (including phenoxy) is 1. The summed E-state index contributed by atoms with van der Waals surface area (Å²) in [7, 11) is 0. The van der Waals surface area contributed by atoms with E-state index in [2.05, 4.69) is 15.5 Å². The SMILES string of the molecule is O=C(C[C@@H]1CCOC1)NCc1noc(-c2c(F)cccc2F)n1. The van der Waals surface area contributed by atoms with Crippen molar-refractivity contribution < 1.29 is 22.8 Å². The van der Waals surface area contributed by atoms with Gasteiger partial charge in [0.2, 0.25) is 5.91 Å². The molecule has 1 fully saturated rings. The minimum absolute atomic E-state index is 0.0337. The molecule has 0 aliphatic carbocycles. The second kappa shape index (κ2) is 6.82. The minimum Gasteiger partial charge on any atom is -0.381 e. The van der Waals surface area contributed by atoms with Gasteiger partial charge in [0.15, 0.2) is 5.82 Å². The van der Waals surface area contributed by atoms with Crippen LogP contribution in [0.15, 0.2) is 22.7 Å². The summed E-state index contributed by atoms with van der Waals surface area (Å²) in [6.07, 6.45) is 1.24. The zero-order valence-corrected chi connectivity index (χ0v) is 12.2. The van der Waals surface area contributed by atoms with Crippen molar-refractivity contribution in [3.63, 3.8) is 0 Å². The van der Waals surface area contributed by atoms with Crippen LogP contribution in [0, 0.1) is 17.6 Å². The molecule has 1 N–H and O–H groups in total. The molecule has 0 unspecified atom stereocenters. The fraction of sp³-hybridized carbons (Fsp3) is 0.400. The summed E-state index contributed by atoms with van der Waals surface area (Å²) >= 11 is 0. The Morgan fingerprint density at radius 1 is 1.35 bits per heavy atom. The van der Waals surface area contributed by atoms with Crippen molar-refractivity contribution in [3.05, 3.63) is 35.7 Å². The minimum atomic E-state index is -0.787. The molecule has 3 rings (SSSR count). The van der Waals surface area contributed by atoms with Crippen LogP contribution in [0.3, 0.4) is 0 Å². The molecule has 1 aliphatic rings. The highest BCUT2D eigenvalue weighted by molar-refractivity contribution is 5.76. The van der Waals surface area contributed by atoms with E-state index in [9.17, 15) is 13.6 Å². The van der Waals surface area contributed by atoms with E-state index in [1.54, 1.807) is 0 Å². The smallest absolute Gasteiger partial charge is 0.263 e. The number of nitrogens with zero attached hydrogens (tertiary/aromatic N) is 2. The third-order valence-corrected chi connectivity index (χ3v) is 3.59. The fourth-order valence-electron chi connectivity index (χ4n) is 2.39. The van der Waals surface area contributed by atoms with Crippen LogP contribution in [0.25, 0.3) is 11.5 Å². The molecule has 23 heavy (non-hydrogen) atoms. The van der Waals surface area contributed by atoms with Crippen LogP contribution in [-0.4, -0.2) is 29.3 Å². The van der Waals surface area contributed by atoms with Gasteiger partial charge in [0, 0.05) is 19.6 Å². The number of carbonyl (C=O) groups excluding carboxylic acids is 1. The van der Waals surface area contributed by atoms with Crippen LogP contribution in [0.5, 0.6) is 0 Å². The van der Waals surface area contributed by atoms with Crippen LogP contribution >= 0.6 is 0 Å². The van der Waals surface area contributed by atoms with Gasteiger partial charge in [0.1, 0.15) is 17.2 Å². The van der Waals surface area contributed by atoms with E-state index in [0.717, 1.165) is 18.6 Å². The van der Waals surface area contributed by atoms with Gasteiger partial charge >= 0.3 is 0 Å². The molecule has 0 saturated carbocycles. The lowest BCUT2D eigenvalue weighted by molar-refractivity contribution is -0.122. The second-order valence-electron chi connectivity index (χ2n) is 5.32. The second-order valence-corrected chi connectivity index (χ2v) is 5.32. The van der Waals surface area contributed by atoms with E-state index in [1.165, 1.54) is 6.07 Å². The van der Waals surface area contributed by atoms with Crippen molar-refractivity contribution in [2.75, 3.05) is 13.2 Å². The molecule has 2 heterocycles. The first-order valence-electron chi connectivity index (χ1n) is 7.25. The van der Waals surface area contributed by atoms with Gasteiger partial charge in [-0.3, -0.25) is 4.79 Å². The lowest BCUT2D eigenvalue weighted by atomic mass is 10.1. The largest absolute Gasteiger partial charge is 0.381 e. The Morgan fingerprint density at radius 3 is 2.83 bits per heavy atom. The highest BCUT2D eigenvalue weighted by atomic mass is 19.1. The zero-order chi connectivity index (χ0) is 16.2. The van der Waals surface area contributed by atoms with Gasteiger partial charge < -0.3 is 14.6 Å². The Balaban J connectivity index is 1.60. The molecule has 6 nitrogen and oxygen atoms in total. The number of rotatable bonds is 5. The summed E-state index contributed by atoms with van der Waals surface area (Å²) in [5, 5.41) is 6.27. The molecule has 0 bridgehead atoms. The summed E-state index contributed by atoms with van der Waals surface area (Å²) in [4.78, 5) is 15.7. The number of hydrogen-bond acceptors (Lipinski definition) is 5. The predicted molar refractivity (Wildman–Crippen MR) is 75.0 cm³/mol. The van der Waals surface area contributed by atoms with Gasteiger partial charge in [-0.05, 0) is 24.5 Å². The lowest BCUT2D eigenvalue weighted by Gasteiger charge is -2.06. The van der Waals surface area contributed by atoms with E-state index >= 15 is 0 Å². The van der Waals surface area contributed by atoms with Crippen LogP contribution in [0.2, 0.25) is 0 Å². The van der Waals surface area contributed by atoms with Crippen molar-refractivity contribution >= 4 is 5.91 Å². The van der Waals surface area contributed by atoms with Gasteiger partial charge in [-0.25, -0.2) is 8.78 Å². The maximum Gasteiger partial charge on any atom is 0.263 e. The molecule has 1 aliphatic heterocycles. The van der Waals surface area contributed by atoms with Crippen molar-refractivity contribution in [1.29, 1.82) is 0 Å². The lowest BCUT2D eigenvalue weighted by Crippen LogP contribution is -2.25. The average Bonchev–Trinajstić information content (AvgIpc) is 3.17. The fourth-order valence-corrected chi connectivity index (χ4v) is 2.39. The summed E-state index contributed by atoms with van der Waals surface area (Å²) in [6, 6.07) is 3.46. The number of carbonyl (C=O) groups is 1. The molecule has 8 heteroatoms. The van der Waals surface area contributed by atoms with Crippen molar-refractivity contribution in [2.45, 2.75) is 19.4 Å². The van der Waals surface area contributed by atoms with Crippen molar-refractivity contribution in [1.82, 2.24) is 15.5 Å². The monoisotopic (exact) mass is 323 g/mol. The number of hydrogen-bond donors (Lipinski definition) is 1. The standard InChI is InChI=1S/C15H15F2N3O3/c16-10-2-1-3-11(17)14(10)15-19-12(20-23-15)7-18-13(21)6-9-4-5-22-8-9/h1-3,9H,4-8H2,(H,18,21)/t9-/m0/s1. The molecule has 1 saturated heterocycles. The summed E-state index contributed by atoms with van der Waals surface area (Å²) in [6.45, 7) is 1.30. The Hall–Kier alpha value is -2.35. The Kier molecular flexibility index (Phi) is 4.61. The number of halogens is 2. The van der Waals surface area contributed by atoms with E-state index in [0.29, 0.717) is 19.6 Å². The number of amides is 1. The van der Waals surface area contributed by atoms with E-state index < -0.39 is 11.6 Å². The van der Waals surface area contributed by atoms with E-state index in [-0.39, 0.29) is 35.6 Å². The molecule has 2 aromatic rings. The highest BCUT2D eigenvalue weighted by Crippen LogP contribution is 2.24. The summed E-state index contributed by atoms with van der Waals surface area (Å²) in [5.41, 5.74) is -0.374. The first-order chi connectivity index (χ1) is 11.1. The first-order valence-corrected chi connectivity index (χ1v) is 7.25. The van der Waals surface area contributed by atoms with Gasteiger partial charge in [-0.2, -0.15) is 4.98 Å². The Labute approximate surface area is 130 Å². The van der Waals surface area contributed by atoms with Crippen LogP contribution in [0.4, 0.5) is 8.78 Å². The number of nitrogens with one attached hydrogen (secondary N) is 1. The van der Waals surface area contributed by atoms with Crippen LogP contribution < -0.4 is 5.32 Å². The first kappa shape index (κ1) is 15.5. The number of benzene rings is 1. The third-order valence-electron chi connectivity index (χ3n) is 3.59. The third kappa shape index (κ3) is 3.70. The molecule has 1 aromatic carbocycles. The van der Waals surface area contributed by atoms with Gasteiger partial charge in [-0.15, -0.1) is 0 Å². The molecule has 122 valence electrons. The molecule has 1 aromatic heterocycles. The quantitative estimate of drug-likeness (QED) is 0.911. The molecule has 1 amide bonds. The zero-order valence-electron chi connectivity index (χ0n) is 12.2. The van der Waals surface area contributed by atoms with Crippen LogP contribution in [0.1, 0.15) is 18.7 Å². The number of aromatic nitrogens is 2. The summed E-state index contributed by atoms with van der Waals surface area (Å²) in [5.74, 6) is -1.60. The molecule has 1 atom stereocenters. The molecule has 0 spiro atoms. The highest BCUT2D eigenvalue weighted by Gasteiger charge is 2.20. The normalized spacial score (nSPS) is 17.4. The van der Waals surface area contributed by atoms with E-state index in [1.807, 2.05) is 0 Å². The van der Waals surface area contributed by atoms with Gasteiger partial charge in [-0.1, -0.05) is 11.2 Å². The summed E-state index contributed by atoms with van der Waals surface area (Å²) < 4.78 is 37.3. The average molecular weight is 323 g/mol. The molecular weight excluding hydrogens is 308 g/mol. The maximum absolute atomic E-state index is 13.6. The van der Waals surface area contributed by atoms with Gasteiger partial charge in [0.25, 0.3) is 5.89 Å². The van der Waals surface area contributed by atoms with Gasteiger partial charge in [0.05, 0.1) is 6.54 Å². The predicted octanol–water partition coefficient (Wildman–Crippen LogP) is 2.06. The Morgan fingerprint density at radius 2 is 2.13 bits per heavy atom. The molecule has 0 radical (unpaired) electrons. The van der Waals surface area contributed by atoms with E-state index in [4.69, 9.17) is 9.26 Å². The van der Waals surface area contributed by atoms with Crippen LogP contribution in [-0.2, 0) is 16.1 Å². The molecular formula is C15H15F2N3O3. The van der Waals surface area contributed by atoms with Crippen molar-refractivity contribution in [3.8, 4) is 11.5 Å². The topological polar surface area (TPSA) is 77.2 Å². The maximum atomic E-state index is 13.6. The van der Waals surface area contributed by atoms with Crippen molar-refractivity contribution in [2.24, 2.45) is 5.92 Å².